The predicted molar refractivity (Wildman–Crippen MR) is 66.3 cm³/mol. The Bertz CT molecular complexity index is 584. The molecule has 0 spiro atoms. The third kappa shape index (κ3) is 1.78. The van der Waals surface area contributed by atoms with E-state index in [-0.39, 0.29) is 0 Å². The number of rotatable bonds is 3. The van der Waals surface area contributed by atoms with Gasteiger partial charge < -0.3 is 15.1 Å². The maximum absolute atomic E-state index is 11.9. The van der Waals surface area contributed by atoms with E-state index in [0.29, 0.717) is 17.9 Å². The largest absolute Gasteiger partial charge is 0.461 e. The number of aromatic nitrogens is 2. The number of esters is 1. The number of hydrogen-bond acceptors (Lipinski definition) is 6. The van der Waals surface area contributed by atoms with Crippen molar-refractivity contribution < 1.29 is 9.53 Å². The second kappa shape index (κ2) is 4.54. The lowest BCUT2D eigenvalue weighted by atomic mass is 10.2. The Morgan fingerprint density at radius 3 is 3.18 bits per heavy atom. The number of hydrogen-bond donors (Lipinski definition) is 1. The number of carbonyl (C=O) groups is 1. The van der Waals surface area contributed by atoms with Gasteiger partial charge in [0.2, 0.25) is 0 Å². The minimum Gasteiger partial charge on any atom is -0.461 e. The first-order valence-electron chi connectivity index (χ1n) is 5.03. The molecule has 0 radical (unpaired) electrons. The van der Waals surface area contributed by atoms with Crippen LogP contribution in [0.15, 0.2) is 10.6 Å². The summed E-state index contributed by atoms with van der Waals surface area (Å²) in [4.78, 5) is 16.1. The molecular formula is C10H12N4O2S. The summed E-state index contributed by atoms with van der Waals surface area (Å²) in [6.45, 7) is 2.09. The van der Waals surface area contributed by atoms with Crippen molar-refractivity contribution in [1.82, 2.24) is 9.55 Å². The molecule has 0 aliphatic heterocycles. The van der Waals surface area contributed by atoms with Crippen LogP contribution in [0, 0.1) is 0 Å². The fourth-order valence-electron chi connectivity index (χ4n) is 1.70. The lowest BCUT2D eigenvalue weighted by Gasteiger charge is -2.04. The van der Waals surface area contributed by atoms with Gasteiger partial charge in [-0.2, -0.15) is 5.10 Å². The molecular weight excluding hydrogens is 240 g/mol. The van der Waals surface area contributed by atoms with Crippen molar-refractivity contribution in [2.45, 2.75) is 6.92 Å². The first-order chi connectivity index (χ1) is 8.20. The molecule has 17 heavy (non-hydrogen) atoms. The highest BCUT2D eigenvalue weighted by atomic mass is 32.1. The minimum atomic E-state index is -0.393. The molecule has 7 heteroatoms. The van der Waals surface area contributed by atoms with Gasteiger partial charge in [-0.3, -0.25) is 0 Å². The summed E-state index contributed by atoms with van der Waals surface area (Å²) < 4.78 is 7.58. The van der Waals surface area contributed by atoms with Crippen molar-refractivity contribution >= 4 is 33.9 Å². The first-order valence-corrected chi connectivity index (χ1v) is 5.90. The van der Waals surface area contributed by atoms with Crippen LogP contribution in [0.1, 0.15) is 23.0 Å². The monoisotopic (exact) mass is 252 g/mol. The molecule has 0 fully saturated rings. The van der Waals surface area contributed by atoms with E-state index >= 15 is 0 Å². The fraction of sp³-hybridized carbons (Fsp3) is 0.300. The topological polar surface area (TPSA) is 82.5 Å². The van der Waals surface area contributed by atoms with Crippen LogP contribution in [-0.2, 0) is 11.8 Å². The van der Waals surface area contributed by atoms with E-state index < -0.39 is 5.97 Å². The van der Waals surface area contributed by atoms with Gasteiger partial charge in [0.25, 0.3) is 0 Å². The zero-order valence-corrected chi connectivity index (χ0v) is 10.3. The molecule has 0 atom stereocenters. The Kier molecular flexibility index (Phi) is 3.10. The smallest absolute Gasteiger partial charge is 0.355 e. The van der Waals surface area contributed by atoms with Crippen LogP contribution in [-0.4, -0.2) is 28.3 Å². The number of thiazole rings is 1. The zero-order valence-electron chi connectivity index (χ0n) is 9.51. The molecule has 0 aliphatic carbocycles. The van der Waals surface area contributed by atoms with Crippen LogP contribution in [0.25, 0.3) is 10.3 Å². The summed E-state index contributed by atoms with van der Waals surface area (Å²) in [7, 11) is 1.77. The van der Waals surface area contributed by atoms with Crippen LogP contribution in [0.5, 0.6) is 0 Å². The Morgan fingerprint density at radius 1 is 1.76 bits per heavy atom. The molecule has 2 rings (SSSR count). The second-order valence-corrected chi connectivity index (χ2v) is 4.18. The number of hydrazone groups is 1. The van der Waals surface area contributed by atoms with Crippen LogP contribution in [0.4, 0.5) is 0 Å². The molecule has 90 valence electrons. The van der Waals surface area contributed by atoms with Crippen molar-refractivity contribution in [2.24, 2.45) is 18.0 Å². The maximum atomic E-state index is 11.9. The number of nitrogens with zero attached hydrogens (tertiary/aromatic N) is 3. The highest BCUT2D eigenvalue weighted by molar-refractivity contribution is 7.17. The molecule has 6 nitrogen and oxygen atoms in total. The average molecular weight is 252 g/mol. The number of carbonyl (C=O) groups excluding carboxylic acids is 1. The van der Waals surface area contributed by atoms with Gasteiger partial charge in [-0.25, -0.2) is 9.78 Å². The molecule has 0 bridgehead atoms. The van der Waals surface area contributed by atoms with Gasteiger partial charge in [-0.15, -0.1) is 11.3 Å². The fourth-order valence-corrected chi connectivity index (χ4v) is 2.53. The van der Waals surface area contributed by atoms with E-state index in [4.69, 9.17) is 10.6 Å². The zero-order chi connectivity index (χ0) is 12.4. The van der Waals surface area contributed by atoms with Gasteiger partial charge in [-0.1, -0.05) is 0 Å². The Balaban J connectivity index is 2.67. The van der Waals surface area contributed by atoms with Crippen molar-refractivity contribution in [3.63, 3.8) is 0 Å². The molecule has 0 saturated carbocycles. The number of aryl methyl sites for hydroxylation is 1. The third-order valence-corrected chi connectivity index (χ3v) is 3.22. The summed E-state index contributed by atoms with van der Waals surface area (Å²) in [5, 5.41) is 3.48. The van der Waals surface area contributed by atoms with Gasteiger partial charge in [0.15, 0.2) is 5.65 Å². The summed E-state index contributed by atoms with van der Waals surface area (Å²) in [6.07, 6.45) is 1.45. The van der Waals surface area contributed by atoms with Crippen molar-refractivity contribution in [1.29, 1.82) is 0 Å². The summed E-state index contributed by atoms with van der Waals surface area (Å²) >= 11 is 1.44. The van der Waals surface area contributed by atoms with E-state index in [2.05, 4.69) is 10.1 Å². The van der Waals surface area contributed by atoms with E-state index in [1.54, 1.807) is 24.0 Å². The van der Waals surface area contributed by atoms with E-state index in [1.165, 1.54) is 17.6 Å². The Hall–Kier alpha value is -1.89. The van der Waals surface area contributed by atoms with Crippen LogP contribution in [0.3, 0.4) is 0 Å². The van der Waals surface area contributed by atoms with Gasteiger partial charge >= 0.3 is 5.97 Å². The highest BCUT2D eigenvalue weighted by Crippen LogP contribution is 2.27. The lowest BCUT2D eigenvalue weighted by molar-refractivity contribution is 0.0515. The van der Waals surface area contributed by atoms with Crippen LogP contribution >= 0.6 is 11.3 Å². The van der Waals surface area contributed by atoms with Crippen molar-refractivity contribution in [2.75, 3.05) is 6.61 Å². The first kappa shape index (κ1) is 11.6. The summed E-state index contributed by atoms with van der Waals surface area (Å²) in [5.41, 5.74) is 3.53. The minimum absolute atomic E-state index is 0.324. The lowest BCUT2D eigenvalue weighted by Crippen LogP contribution is -2.12. The van der Waals surface area contributed by atoms with Gasteiger partial charge in [-0.05, 0) is 6.92 Å². The van der Waals surface area contributed by atoms with E-state index in [0.717, 1.165) is 10.3 Å². The van der Waals surface area contributed by atoms with Crippen molar-refractivity contribution in [3.05, 3.63) is 16.8 Å². The van der Waals surface area contributed by atoms with E-state index in [1.807, 2.05) is 0 Å². The van der Waals surface area contributed by atoms with Gasteiger partial charge in [0.1, 0.15) is 5.69 Å². The van der Waals surface area contributed by atoms with Crippen LogP contribution in [0.2, 0.25) is 0 Å². The summed E-state index contributed by atoms with van der Waals surface area (Å²) in [5.74, 6) is 4.77. The maximum Gasteiger partial charge on any atom is 0.355 e. The van der Waals surface area contributed by atoms with Gasteiger partial charge in [0, 0.05) is 12.6 Å². The number of fused-ring (bicyclic) bond motifs is 1. The number of ether oxygens (including phenoxy) is 1. The predicted octanol–water partition coefficient (Wildman–Crippen LogP) is 1.10. The molecule has 0 saturated heterocycles. The standard InChI is InChI=1S/C10H12N4O2S/c1-3-16-10(15)7-6(4-13-11)8-9(14(7)2)12-5-17-8/h4-5H,3,11H2,1-2H3. The summed E-state index contributed by atoms with van der Waals surface area (Å²) in [6, 6.07) is 0. The highest BCUT2D eigenvalue weighted by Gasteiger charge is 2.22. The number of nitrogens with two attached hydrogens (primary N) is 1. The van der Waals surface area contributed by atoms with Crippen molar-refractivity contribution in [3.8, 4) is 0 Å². The van der Waals surface area contributed by atoms with Crippen LogP contribution < -0.4 is 5.84 Å². The molecule has 0 unspecified atom stereocenters. The van der Waals surface area contributed by atoms with Gasteiger partial charge in [0.05, 0.1) is 23.0 Å². The Labute approximate surface area is 102 Å². The molecule has 2 aromatic heterocycles. The Morgan fingerprint density at radius 2 is 2.53 bits per heavy atom. The molecule has 2 aromatic rings. The average Bonchev–Trinajstić information content (AvgIpc) is 2.84. The quantitative estimate of drug-likeness (QED) is 0.384. The molecule has 2 heterocycles. The SMILES string of the molecule is CCOC(=O)c1c(C=NN)c2scnc2n1C. The third-order valence-electron chi connectivity index (χ3n) is 2.37. The molecule has 2 N–H and O–H groups in total. The normalized spacial score (nSPS) is 11.4. The molecule has 0 aliphatic rings. The van der Waals surface area contributed by atoms with E-state index in [9.17, 15) is 4.79 Å². The molecule has 0 aromatic carbocycles. The molecule has 0 amide bonds. The second-order valence-electron chi connectivity index (χ2n) is 3.33.